The van der Waals surface area contributed by atoms with Gasteiger partial charge in [0, 0.05) is 31.8 Å². The lowest BCUT2D eigenvalue weighted by atomic mass is 9.96. The van der Waals surface area contributed by atoms with Gasteiger partial charge in [0.1, 0.15) is 6.04 Å². The standard InChI is InChI=1S/C18H27N3O2.2ClH/c1-23-12-17(19)18(22)20-14-9-15-7-8-16(10-14)21(15)11-13-5-3-2-4-6-13;;/h2-6,14-17H,7-12,19H2,1H3,(H,20,22);2*1H. The molecule has 5 nitrogen and oxygen atoms in total. The van der Waals surface area contributed by atoms with E-state index in [-0.39, 0.29) is 43.4 Å². The molecule has 7 heteroatoms. The van der Waals surface area contributed by atoms with Gasteiger partial charge in [-0.25, -0.2) is 0 Å². The van der Waals surface area contributed by atoms with Crippen molar-refractivity contribution in [1.29, 1.82) is 0 Å². The first-order valence-electron chi connectivity index (χ1n) is 8.52. The zero-order valence-electron chi connectivity index (χ0n) is 14.6. The maximum Gasteiger partial charge on any atom is 0.239 e. The largest absolute Gasteiger partial charge is 0.383 e. The summed E-state index contributed by atoms with van der Waals surface area (Å²) in [4.78, 5) is 14.7. The van der Waals surface area contributed by atoms with E-state index >= 15 is 0 Å². The van der Waals surface area contributed by atoms with Crippen LogP contribution in [-0.2, 0) is 16.1 Å². The molecule has 142 valence electrons. The zero-order chi connectivity index (χ0) is 16.2. The SMILES string of the molecule is COCC(N)C(=O)NC1CC2CCC(C1)N2Cc1ccccc1.Cl.Cl. The molecule has 3 unspecified atom stereocenters. The van der Waals surface area contributed by atoms with E-state index in [1.165, 1.54) is 18.4 Å². The molecule has 0 aromatic heterocycles. The van der Waals surface area contributed by atoms with Crippen molar-refractivity contribution in [3.8, 4) is 0 Å². The van der Waals surface area contributed by atoms with E-state index in [9.17, 15) is 4.79 Å². The Morgan fingerprint density at radius 3 is 2.40 bits per heavy atom. The van der Waals surface area contributed by atoms with Gasteiger partial charge in [0.05, 0.1) is 6.61 Å². The Bertz CT molecular complexity index is 518. The molecule has 25 heavy (non-hydrogen) atoms. The molecule has 2 aliphatic rings. The molecule has 2 bridgehead atoms. The number of fused-ring (bicyclic) bond motifs is 2. The molecule has 1 amide bonds. The molecule has 2 heterocycles. The summed E-state index contributed by atoms with van der Waals surface area (Å²) in [5, 5.41) is 3.12. The van der Waals surface area contributed by atoms with Crippen LogP contribution in [0.1, 0.15) is 31.2 Å². The first-order chi connectivity index (χ1) is 11.2. The molecule has 3 atom stereocenters. The van der Waals surface area contributed by atoms with Crippen LogP contribution in [0.2, 0.25) is 0 Å². The monoisotopic (exact) mass is 389 g/mol. The Labute approximate surface area is 162 Å². The van der Waals surface area contributed by atoms with Crippen LogP contribution < -0.4 is 11.1 Å². The maximum atomic E-state index is 12.1. The third kappa shape index (κ3) is 5.56. The number of nitrogens with zero attached hydrogens (tertiary/aromatic N) is 1. The van der Waals surface area contributed by atoms with Crippen molar-refractivity contribution in [1.82, 2.24) is 10.2 Å². The lowest BCUT2D eigenvalue weighted by Gasteiger charge is -2.39. The fraction of sp³-hybridized carbons (Fsp3) is 0.611. The van der Waals surface area contributed by atoms with E-state index in [2.05, 4.69) is 40.5 Å². The number of carbonyl (C=O) groups excluding carboxylic acids is 1. The van der Waals surface area contributed by atoms with Crippen LogP contribution >= 0.6 is 24.8 Å². The van der Waals surface area contributed by atoms with Crippen LogP contribution in [-0.4, -0.2) is 48.7 Å². The Hall–Kier alpha value is -0.850. The minimum atomic E-state index is -0.569. The number of hydrogen-bond donors (Lipinski definition) is 2. The summed E-state index contributed by atoms with van der Waals surface area (Å²) in [6.45, 7) is 1.28. The smallest absolute Gasteiger partial charge is 0.239 e. The number of rotatable bonds is 6. The second-order valence-electron chi connectivity index (χ2n) is 6.78. The van der Waals surface area contributed by atoms with E-state index in [4.69, 9.17) is 10.5 Å². The number of carbonyl (C=O) groups is 1. The number of hydrogen-bond acceptors (Lipinski definition) is 4. The number of amides is 1. The molecule has 0 radical (unpaired) electrons. The fourth-order valence-corrected chi connectivity index (χ4v) is 4.01. The van der Waals surface area contributed by atoms with Crippen LogP contribution in [0.3, 0.4) is 0 Å². The van der Waals surface area contributed by atoms with Crippen LogP contribution in [0.4, 0.5) is 0 Å². The third-order valence-corrected chi connectivity index (χ3v) is 5.12. The number of halogens is 2. The van der Waals surface area contributed by atoms with Crippen LogP contribution in [0, 0.1) is 0 Å². The van der Waals surface area contributed by atoms with Gasteiger partial charge in [0.2, 0.25) is 5.91 Å². The van der Waals surface area contributed by atoms with Crippen molar-refractivity contribution in [2.75, 3.05) is 13.7 Å². The molecular formula is C18H29Cl2N3O2. The maximum absolute atomic E-state index is 12.1. The summed E-state index contributed by atoms with van der Waals surface area (Å²) in [6.07, 6.45) is 4.51. The van der Waals surface area contributed by atoms with E-state index in [1.807, 2.05) is 0 Å². The number of nitrogens with one attached hydrogen (secondary N) is 1. The van der Waals surface area contributed by atoms with Crippen molar-refractivity contribution >= 4 is 30.7 Å². The zero-order valence-corrected chi connectivity index (χ0v) is 16.2. The predicted octanol–water partition coefficient (Wildman–Crippen LogP) is 2.12. The van der Waals surface area contributed by atoms with E-state index < -0.39 is 6.04 Å². The molecule has 2 aliphatic heterocycles. The number of nitrogens with two attached hydrogens (primary N) is 1. The second-order valence-corrected chi connectivity index (χ2v) is 6.78. The minimum Gasteiger partial charge on any atom is -0.383 e. The Kier molecular flexibility index (Phi) is 9.17. The van der Waals surface area contributed by atoms with Gasteiger partial charge in [-0.15, -0.1) is 24.8 Å². The van der Waals surface area contributed by atoms with Crippen LogP contribution in [0.5, 0.6) is 0 Å². The fourth-order valence-electron chi connectivity index (χ4n) is 4.01. The van der Waals surface area contributed by atoms with Crippen molar-refractivity contribution in [2.45, 2.75) is 56.4 Å². The summed E-state index contributed by atoms with van der Waals surface area (Å²) < 4.78 is 4.96. The molecule has 2 saturated heterocycles. The number of piperidine rings is 1. The molecule has 0 saturated carbocycles. The summed E-state index contributed by atoms with van der Waals surface area (Å²) in [7, 11) is 1.56. The van der Waals surface area contributed by atoms with Crippen molar-refractivity contribution in [2.24, 2.45) is 5.73 Å². The number of ether oxygens (including phenoxy) is 1. The van der Waals surface area contributed by atoms with Crippen molar-refractivity contribution in [3.63, 3.8) is 0 Å². The first kappa shape index (κ1) is 22.2. The van der Waals surface area contributed by atoms with Crippen LogP contribution in [0.15, 0.2) is 30.3 Å². The molecule has 0 aliphatic carbocycles. The van der Waals surface area contributed by atoms with Gasteiger partial charge in [-0.05, 0) is 31.2 Å². The van der Waals surface area contributed by atoms with Crippen molar-refractivity contribution < 1.29 is 9.53 Å². The Balaban J connectivity index is 0.00000156. The first-order valence-corrected chi connectivity index (χ1v) is 8.52. The second kappa shape index (κ2) is 10.3. The van der Waals surface area contributed by atoms with Gasteiger partial charge >= 0.3 is 0 Å². The van der Waals surface area contributed by atoms with Gasteiger partial charge in [-0.2, -0.15) is 0 Å². The van der Waals surface area contributed by atoms with Gasteiger partial charge in [-0.3, -0.25) is 9.69 Å². The van der Waals surface area contributed by atoms with E-state index in [0.29, 0.717) is 12.1 Å². The van der Waals surface area contributed by atoms with Gasteiger partial charge < -0.3 is 15.8 Å². The molecule has 3 rings (SSSR count). The highest BCUT2D eigenvalue weighted by Gasteiger charge is 2.41. The average Bonchev–Trinajstić information content (AvgIpc) is 2.79. The predicted molar refractivity (Wildman–Crippen MR) is 104 cm³/mol. The molecule has 1 aromatic carbocycles. The highest BCUT2D eigenvalue weighted by Crippen LogP contribution is 2.36. The van der Waals surface area contributed by atoms with E-state index in [0.717, 1.165) is 19.4 Å². The molecule has 2 fully saturated rings. The average molecular weight is 390 g/mol. The normalized spacial score (nSPS) is 26.2. The number of methoxy groups -OCH3 is 1. The van der Waals surface area contributed by atoms with Crippen LogP contribution in [0.25, 0.3) is 0 Å². The highest BCUT2D eigenvalue weighted by molar-refractivity contribution is 5.85. The Morgan fingerprint density at radius 1 is 1.24 bits per heavy atom. The lowest BCUT2D eigenvalue weighted by molar-refractivity contribution is -0.124. The minimum absolute atomic E-state index is 0. The number of benzene rings is 1. The molecule has 3 N–H and O–H groups in total. The quantitative estimate of drug-likeness (QED) is 0.781. The highest BCUT2D eigenvalue weighted by atomic mass is 35.5. The topological polar surface area (TPSA) is 67.6 Å². The summed E-state index contributed by atoms with van der Waals surface area (Å²) in [5.74, 6) is -0.0900. The lowest BCUT2D eigenvalue weighted by Crippen LogP contribution is -2.53. The van der Waals surface area contributed by atoms with E-state index in [1.54, 1.807) is 7.11 Å². The molecule has 1 aromatic rings. The van der Waals surface area contributed by atoms with Crippen molar-refractivity contribution in [3.05, 3.63) is 35.9 Å². The summed E-state index contributed by atoms with van der Waals surface area (Å²) in [6, 6.07) is 11.4. The molecular weight excluding hydrogens is 361 g/mol. The summed E-state index contributed by atoms with van der Waals surface area (Å²) >= 11 is 0. The third-order valence-electron chi connectivity index (χ3n) is 5.12. The summed E-state index contributed by atoms with van der Waals surface area (Å²) in [5.41, 5.74) is 7.18. The molecule has 0 spiro atoms. The Morgan fingerprint density at radius 2 is 1.84 bits per heavy atom. The van der Waals surface area contributed by atoms with Gasteiger partial charge in [0.15, 0.2) is 0 Å². The van der Waals surface area contributed by atoms with Gasteiger partial charge in [0.25, 0.3) is 0 Å². The van der Waals surface area contributed by atoms with Gasteiger partial charge in [-0.1, -0.05) is 30.3 Å².